The number of quaternary nitrogens is 1. The molecule has 6 heteroatoms. The second-order valence-electron chi connectivity index (χ2n) is 6.40. The van der Waals surface area contributed by atoms with Gasteiger partial charge in [-0.25, -0.2) is 8.42 Å². The molecule has 1 N–H and O–H groups in total. The van der Waals surface area contributed by atoms with E-state index in [1.165, 1.54) is 4.90 Å². The molecule has 23 heavy (non-hydrogen) atoms. The number of hydrogen-bond donors (Lipinski definition) is 1. The first-order chi connectivity index (χ1) is 10.8. The third kappa shape index (κ3) is 3.57. The van der Waals surface area contributed by atoms with Crippen LogP contribution in [-0.2, 0) is 10.0 Å². The van der Waals surface area contributed by atoms with Crippen LogP contribution in [0.25, 0.3) is 0 Å². The topological polar surface area (TPSA) is 65.6 Å². The van der Waals surface area contributed by atoms with Gasteiger partial charge in [-0.05, 0) is 49.9 Å². The molecule has 0 saturated carbocycles. The molecule has 1 saturated heterocycles. The predicted molar refractivity (Wildman–Crippen MR) is 89.9 cm³/mol. The number of rotatable bonds is 4. The number of hydrogen-bond acceptors (Lipinski definition) is 3. The quantitative estimate of drug-likeness (QED) is 0.881. The second-order valence-corrected chi connectivity index (χ2v) is 8.28. The van der Waals surface area contributed by atoms with E-state index in [4.69, 9.17) is 5.26 Å². The maximum Gasteiger partial charge on any atom is 0.244 e. The first kappa shape index (κ1) is 17.9. The highest BCUT2D eigenvalue weighted by Crippen LogP contribution is 2.28. The molecule has 0 aromatic heterocycles. The minimum atomic E-state index is -3.46. The summed E-state index contributed by atoms with van der Waals surface area (Å²) >= 11 is 0. The zero-order valence-electron chi connectivity index (χ0n) is 14.4. The minimum absolute atomic E-state index is 0.482. The maximum absolute atomic E-state index is 13.1. The number of nitrogens with zero attached hydrogens (tertiary/aromatic N) is 2. The summed E-state index contributed by atoms with van der Waals surface area (Å²) in [5.74, 6) is 0. The lowest BCUT2D eigenvalue weighted by Gasteiger charge is -2.32. The third-order valence-corrected chi connectivity index (χ3v) is 7.09. The first-order valence-corrected chi connectivity index (χ1v) is 9.51. The van der Waals surface area contributed by atoms with E-state index in [1.807, 2.05) is 33.8 Å². The fourth-order valence-electron chi connectivity index (χ4n) is 3.22. The van der Waals surface area contributed by atoms with Gasteiger partial charge < -0.3 is 4.90 Å². The van der Waals surface area contributed by atoms with Gasteiger partial charge in [0.15, 0.2) is 0 Å². The van der Waals surface area contributed by atoms with Crippen molar-refractivity contribution in [3.05, 3.63) is 28.3 Å². The Balaban J connectivity index is 2.26. The summed E-state index contributed by atoms with van der Waals surface area (Å²) in [6, 6.07) is 4.21. The van der Waals surface area contributed by atoms with E-state index >= 15 is 0 Å². The molecule has 5 nitrogen and oxygen atoms in total. The van der Waals surface area contributed by atoms with Crippen molar-refractivity contribution in [3.63, 3.8) is 0 Å². The standard InChI is InChI=1S/C17H25N3O2S/c1-13-12-14(2)16(4)17(15(13)3)23(21,22)20-10-8-19(9-11-20)7-5-6-18/h12H,5,7-11H2,1-4H3/p+1. The molecule has 1 aromatic carbocycles. The Labute approximate surface area is 139 Å². The average Bonchev–Trinajstić information content (AvgIpc) is 2.51. The van der Waals surface area contributed by atoms with Crippen LogP contribution in [0.15, 0.2) is 11.0 Å². The number of aryl methyl sites for hydroxylation is 2. The van der Waals surface area contributed by atoms with Crippen molar-refractivity contribution in [3.8, 4) is 6.07 Å². The summed E-state index contributed by atoms with van der Waals surface area (Å²) < 4.78 is 27.8. The minimum Gasteiger partial charge on any atom is -0.332 e. The van der Waals surface area contributed by atoms with E-state index in [0.29, 0.717) is 24.4 Å². The molecule has 1 aliphatic rings. The molecular formula is C17H26N3O2S+. The van der Waals surface area contributed by atoms with Crippen molar-refractivity contribution >= 4 is 10.0 Å². The number of piperazine rings is 1. The van der Waals surface area contributed by atoms with Gasteiger partial charge in [0.05, 0.1) is 50.1 Å². The van der Waals surface area contributed by atoms with Crippen molar-refractivity contribution in [1.29, 1.82) is 5.26 Å². The number of nitrogens with one attached hydrogen (secondary N) is 1. The van der Waals surface area contributed by atoms with Gasteiger partial charge in [0.2, 0.25) is 10.0 Å². The summed E-state index contributed by atoms with van der Waals surface area (Å²) in [7, 11) is -3.46. The Hall–Kier alpha value is -1.42. The summed E-state index contributed by atoms with van der Waals surface area (Å²) in [5, 5.41) is 8.67. The van der Waals surface area contributed by atoms with Crippen molar-refractivity contribution in [2.45, 2.75) is 39.0 Å². The van der Waals surface area contributed by atoms with Crippen molar-refractivity contribution < 1.29 is 13.3 Å². The van der Waals surface area contributed by atoms with E-state index in [-0.39, 0.29) is 0 Å². The molecule has 2 rings (SSSR count). The molecule has 0 amide bonds. The maximum atomic E-state index is 13.1. The third-order valence-electron chi connectivity index (χ3n) is 4.91. The predicted octanol–water partition coefficient (Wildman–Crippen LogP) is 0.723. The fourth-order valence-corrected chi connectivity index (χ4v) is 5.24. The monoisotopic (exact) mass is 336 g/mol. The molecule has 126 valence electrons. The van der Waals surface area contributed by atoms with E-state index in [2.05, 4.69) is 6.07 Å². The van der Waals surface area contributed by atoms with Gasteiger partial charge in [-0.2, -0.15) is 9.57 Å². The average molecular weight is 336 g/mol. The smallest absolute Gasteiger partial charge is 0.244 e. The molecule has 1 fully saturated rings. The van der Waals surface area contributed by atoms with Crippen LogP contribution in [0, 0.1) is 39.0 Å². The lowest BCUT2D eigenvalue weighted by atomic mass is 10.0. The normalized spacial score (nSPS) is 17.2. The zero-order chi connectivity index (χ0) is 17.2. The lowest BCUT2D eigenvalue weighted by molar-refractivity contribution is -0.903. The molecule has 1 aromatic rings. The highest BCUT2D eigenvalue weighted by atomic mass is 32.2. The summed E-state index contributed by atoms with van der Waals surface area (Å²) in [4.78, 5) is 1.79. The van der Waals surface area contributed by atoms with Gasteiger partial charge in [-0.15, -0.1) is 0 Å². The molecule has 0 atom stereocenters. The largest absolute Gasteiger partial charge is 0.332 e. The van der Waals surface area contributed by atoms with Crippen LogP contribution in [0.3, 0.4) is 0 Å². The molecule has 0 bridgehead atoms. The van der Waals surface area contributed by atoms with Gasteiger partial charge in [-0.1, -0.05) is 6.07 Å². The van der Waals surface area contributed by atoms with Crippen LogP contribution in [-0.4, -0.2) is 45.4 Å². The van der Waals surface area contributed by atoms with Crippen molar-refractivity contribution in [2.75, 3.05) is 32.7 Å². The number of sulfonamides is 1. The van der Waals surface area contributed by atoms with Crippen LogP contribution in [0.1, 0.15) is 28.7 Å². The van der Waals surface area contributed by atoms with E-state index in [9.17, 15) is 8.42 Å². The summed E-state index contributed by atoms with van der Waals surface area (Å²) in [6.07, 6.45) is 0.525. The SMILES string of the molecule is Cc1cc(C)c(C)c(S(=O)(=O)N2CC[NH+](CCC#N)CC2)c1C. The molecule has 1 aliphatic heterocycles. The van der Waals surface area contributed by atoms with Gasteiger partial charge >= 0.3 is 0 Å². The summed E-state index contributed by atoms with van der Waals surface area (Å²) in [6.45, 7) is 11.1. The summed E-state index contributed by atoms with van der Waals surface area (Å²) in [5.41, 5.74) is 3.75. The van der Waals surface area contributed by atoms with Crippen LogP contribution >= 0.6 is 0 Å². The highest BCUT2D eigenvalue weighted by molar-refractivity contribution is 7.89. The Morgan fingerprint density at radius 3 is 2.13 bits per heavy atom. The first-order valence-electron chi connectivity index (χ1n) is 8.07. The van der Waals surface area contributed by atoms with Crippen LogP contribution < -0.4 is 4.90 Å². The molecule has 0 unspecified atom stereocenters. The lowest BCUT2D eigenvalue weighted by Crippen LogP contribution is -3.14. The van der Waals surface area contributed by atoms with Crippen LogP contribution in [0.4, 0.5) is 0 Å². The second kappa shape index (κ2) is 7.00. The Bertz CT molecular complexity index is 701. The molecule has 0 radical (unpaired) electrons. The zero-order valence-corrected chi connectivity index (χ0v) is 15.3. The molecular weight excluding hydrogens is 310 g/mol. The van der Waals surface area contributed by atoms with Crippen LogP contribution in [0.5, 0.6) is 0 Å². The van der Waals surface area contributed by atoms with Gasteiger partial charge in [0, 0.05) is 0 Å². The Morgan fingerprint density at radius 2 is 1.65 bits per heavy atom. The Morgan fingerprint density at radius 1 is 1.13 bits per heavy atom. The highest BCUT2D eigenvalue weighted by Gasteiger charge is 2.33. The van der Waals surface area contributed by atoms with Gasteiger partial charge in [0.1, 0.15) is 0 Å². The van der Waals surface area contributed by atoms with Crippen molar-refractivity contribution in [1.82, 2.24) is 4.31 Å². The van der Waals surface area contributed by atoms with Crippen molar-refractivity contribution in [2.24, 2.45) is 0 Å². The molecule has 0 aliphatic carbocycles. The number of nitriles is 1. The Kier molecular flexibility index (Phi) is 5.45. The molecule has 0 spiro atoms. The van der Waals surface area contributed by atoms with Crippen LogP contribution in [0.2, 0.25) is 0 Å². The number of benzene rings is 1. The fraction of sp³-hybridized carbons (Fsp3) is 0.588. The van der Waals surface area contributed by atoms with Gasteiger partial charge in [0.25, 0.3) is 0 Å². The van der Waals surface area contributed by atoms with E-state index < -0.39 is 10.0 Å². The molecule has 1 heterocycles. The van der Waals surface area contributed by atoms with E-state index in [0.717, 1.165) is 41.9 Å². The van der Waals surface area contributed by atoms with Gasteiger partial charge in [-0.3, -0.25) is 0 Å². The van der Waals surface area contributed by atoms with E-state index in [1.54, 1.807) is 4.31 Å².